The van der Waals surface area contributed by atoms with Crippen LogP contribution in [0, 0.1) is 0 Å². The number of amides is 2. The summed E-state index contributed by atoms with van der Waals surface area (Å²) in [7, 11) is 0. The Kier molecular flexibility index (Phi) is 7.83. The second kappa shape index (κ2) is 10.4. The van der Waals surface area contributed by atoms with E-state index in [-0.39, 0.29) is 22.1 Å². The van der Waals surface area contributed by atoms with Gasteiger partial charge >= 0.3 is 0 Å². The largest absolute Gasteiger partial charge is 0.324 e. The molecule has 0 spiro atoms. The van der Waals surface area contributed by atoms with Crippen molar-refractivity contribution in [3.63, 3.8) is 0 Å². The van der Waals surface area contributed by atoms with Gasteiger partial charge in [0.05, 0.1) is 21.5 Å². The molecular formula is C22H17BrCl2N2O2S. The summed E-state index contributed by atoms with van der Waals surface area (Å²) in [6, 6.07) is 19.4. The Balaban J connectivity index is 1.65. The summed E-state index contributed by atoms with van der Waals surface area (Å²) in [5.41, 5.74) is 1.66. The van der Waals surface area contributed by atoms with Crippen molar-refractivity contribution < 1.29 is 9.59 Å². The van der Waals surface area contributed by atoms with Crippen LogP contribution in [0.2, 0.25) is 10.0 Å². The summed E-state index contributed by atoms with van der Waals surface area (Å²) < 4.78 is 0.820. The molecular weight excluding hydrogens is 507 g/mol. The highest BCUT2D eigenvalue weighted by Gasteiger charge is 2.16. The summed E-state index contributed by atoms with van der Waals surface area (Å²) in [5.74, 6) is -0.451. The van der Waals surface area contributed by atoms with Gasteiger partial charge in [0, 0.05) is 20.1 Å². The van der Waals surface area contributed by atoms with Crippen LogP contribution in [0.3, 0.4) is 0 Å². The van der Waals surface area contributed by atoms with E-state index in [1.165, 1.54) is 17.8 Å². The minimum absolute atomic E-state index is 0.116. The van der Waals surface area contributed by atoms with E-state index >= 15 is 0 Å². The number of carbonyl (C=O) groups is 2. The molecule has 0 heterocycles. The van der Waals surface area contributed by atoms with E-state index in [1.54, 1.807) is 18.2 Å². The maximum atomic E-state index is 12.5. The van der Waals surface area contributed by atoms with Crippen molar-refractivity contribution in [1.82, 2.24) is 0 Å². The van der Waals surface area contributed by atoms with Crippen molar-refractivity contribution in [3.05, 3.63) is 86.8 Å². The van der Waals surface area contributed by atoms with Gasteiger partial charge in [0.2, 0.25) is 5.91 Å². The van der Waals surface area contributed by atoms with E-state index in [1.807, 2.05) is 49.4 Å². The van der Waals surface area contributed by atoms with Crippen LogP contribution in [-0.2, 0) is 4.79 Å². The van der Waals surface area contributed by atoms with E-state index in [0.29, 0.717) is 16.3 Å². The van der Waals surface area contributed by atoms with Crippen LogP contribution in [0.4, 0.5) is 11.4 Å². The van der Waals surface area contributed by atoms with Crippen LogP contribution in [0.1, 0.15) is 17.3 Å². The zero-order valence-electron chi connectivity index (χ0n) is 15.8. The SMILES string of the molecule is CC(Sc1cccc(NC(=O)c2ccc(Cl)cc2Cl)c1)C(=O)Nc1ccccc1Br. The van der Waals surface area contributed by atoms with Crippen molar-refractivity contribution in [1.29, 1.82) is 0 Å². The highest BCUT2D eigenvalue weighted by molar-refractivity contribution is 9.10. The number of para-hydroxylation sites is 1. The van der Waals surface area contributed by atoms with Crippen molar-refractivity contribution in [3.8, 4) is 0 Å². The normalized spacial score (nSPS) is 11.6. The van der Waals surface area contributed by atoms with Gasteiger partial charge in [-0.1, -0.05) is 41.4 Å². The van der Waals surface area contributed by atoms with Gasteiger partial charge in [-0.3, -0.25) is 9.59 Å². The predicted octanol–water partition coefficient (Wildman–Crippen LogP) is 7.13. The molecule has 154 valence electrons. The number of thioether (sulfide) groups is 1. The molecule has 1 atom stereocenters. The van der Waals surface area contributed by atoms with Crippen molar-refractivity contribution in [2.45, 2.75) is 17.1 Å². The number of hydrogen-bond donors (Lipinski definition) is 2. The van der Waals surface area contributed by atoms with E-state index < -0.39 is 0 Å². The molecule has 0 aromatic heterocycles. The molecule has 1 unspecified atom stereocenters. The molecule has 2 N–H and O–H groups in total. The third kappa shape index (κ3) is 6.01. The van der Waals surface area contributed by atoms with E-state index in [2.05, 4.69) is 26.6 Å². The number of anilines is 2. The molecule has 0 aliphatic heterocycles. The van der Waals surface area contributed by atoms with Crippen molar-refractivity contribution in [2.24, 2.45) is 0 Å². The summed E-state index contributed by atoms with van der Waals surface area (Å²) in [6.07, 6.45) is 0. The van der Waals surface area contributed by atoms with Crippen LogP contribution in [-0.4, -0.2) is 17.1 Å². The Hall–Kier alpha value is -1.99. The van der Waals surface area contributed by atoms with Crippen LogP contribution in [0.5, 0.6) is 0 Å². The van der Waals surface area contributed by atoms with Gasteiger partial charge in [-0.25, -0.2) is 0 Å². The summed E-state index contributed by atoms with van der Waals surface area (Å²) in [5, 5.41) is 6.13. The molecule has 8 heteroatoms. The molecule has 2 amide bonds. The van der Waals surface area contributed by atoms with Crippen molar-refractivity contribution >= 4 is 74.1 Å². The Morgan fingerprint density at radius 2 is 1.73 bits per heavy atom. The Morgan fingerprint density at radius 3 is 2.47 bits per heavy atom. The summed E-state index contributed by atoms with van der Waals surface area (Å²) in [4.78, 5) is 25.9. The Labute approximate surface area is 197 Å². The molecule has 0 bridgehead atoms. The van der Waals surface area contributed by atoms with Gasteiger partial charge in [0.15, 0.2) is 0 Å². The number of halogens is 3. The zero-order chi connectivity index (χ0) is 21.7. The lowest BCUT2D eigenvalue weighted by molar-refractivity contribution is -0.115. The van der Waals surface area contributed by atoms with Gasteiger partial charge in [-0.05, 0) is 71.4 Å². The first-order valence-electron chi connectivity index (χ1n) is 8.92. The molecule has 3 aromatic carbocycles. The fourth-order valence-corrected chi connectivity index (χ4v) is 4.38. The fraction of sp³-hybridized carbons (Fsp3) is 0.0909. The first kappa shape index (κ1) is 22.7. The van der Waals surface area contributed by atoms with E-state index in [9.17, 15) is 9.59 Å². The lowest BCUT2D eigenvalue weighted by Crippen LogP contribution is -2.22. The third-order valence-corrected chi connectivity index (χ3v) is 6.41. The average molecular weight is 524 g/mol. The van der Waals surface area contributed by atoms with Crippen LogP contribution in [0.25, 0.3) is 0 Å². The molecule has 0 saturated heterocycles. The lowest BCUT2D eigenvalue weighted by Gasteiger charge is -2.14. The average Bonchev–Trinajstić information content (AvgIpc) is 2.69. The van der Waals surface area contributed by atoms with Crippen LogP contribution < -0.4 is 10.6 Å². The van der Waals surface area contributed by atoms with Gasteiger partial charge in [-0.15, -0.1) is 11.8 Å². The molecule has 3 rings (SSSR count). The van der Waals surface area contributed by atoms with Gasteiger partial charge in [-0.2, -0.15) is 0 Å². The Morgan fingerprint density at radius 1 is 0.967 bits per heavy atom. The van der Waals surface area contributed by atoms with Crippen LogP contribution >= 0.6 is 50.9 Å². The topological polar surface area (TPSA) is 58.2 Å². The molecule has 0 radical (unpaired) electrons. The van der Waals surface area contributed by atoms with Gasteiger partial charge in [0.25, 0.3) is 5.91 Å². The molecule has 0 aliphatic rings. The number of benzene rings is 3. The van der Waals surface area contributed by atoms with Crippen LogP contribution in [0.15, 0.2) is 76.1 Å². The maximum Gasteiger partial charge on any atom is 0.257 e. The molecule has 30 heavy (non-hydrogen) atoms. The molecule has 3 aromatic rings. The molecule has 0 fully saturated rings. The molecule has 0 saturated carbocycles. The Bertz CT molecular complexity index is 1090. The standard InChI is InChI=1S/C22H17BrCl2N2O2S/c1-13(21(28)27-20-8-3-2-7-18(20)23)30-16-6-4-5-15(12-16)26-22(29)17-10-9-14(24)11-19(17)25/h2-13H,1H3,(H,26,29)(H,27,28). The minimum atomic E-state index is -0.339. The summed E-state index contributed by atoms with van der Waals surface area (Å²) >= 11 is 16.8. The number of carbonyl (C=O) groups excluding carboxylic acids is 2. The summed E-state index contributed by atoms with van der Waals surface area (Å²) in [6.45, 7) is 1.83. The number of rotatable bonds is 6. The second-order valence-electron chi connectivity index (χ2n) is 6.34. The number of nitrogens with one attached hydrogen (secondary N) is 2. The predicted molar refractivity (Wildman–Crippen MR) is 129 cm³/mol. The monoisotopic (exact) mass is 522 g/mol. The maximum absolute atomic E-state index is 12.5. The first-order valence-corrected chi connectivity index (χ1v) is 11.3. The zero-order valence-corrected chi connectivity index (χ0v) is 19.7. The second-order valence-corrected chi connectivity index (χ2v) is 9.45. The highest BCUT2D eigenvalue weighted by atomic mass is 79.9. The molecule has 4 nitrogen and oxygen atoms in total. The van der Waals surface area contributed by atoms with Gasteiger partial charge in [0.1, 0.15) is 0 Å². The smallest absolute Gasteiger partial charge is 0.257 e. The third-order valence-electron chi connectivity index (χ3n) is 4.08. The molecule has 0 aliphatic carbocycles. The quantitative estimate of drug-likeness (QED) is 0.338. The fourth-order valence-electron chi connectivity index (χ4n) is 2.57. The lowest BCUT2D eigenvalue weighted by atomic mass is 10.2. The van der Waals surface area contributed by atoms with Gasteiger partial charge < -0.3 is 10.6 Å². The highest BCUT2D eigenvalue weighted by Crippen LogP contribution is 2.29. The van der Waals surface area contributed by atoms with E-state index in [4.69, 9.17) is 23.2 Å². The van der Waals surface area contributed by atoms with E-state index in [0.717, 1.165) is 15.1 Å². The minimum Gasteiger partial charge on any atom is -0.324 e. The van der Waals surface area contributed by atoms with Crippen molar-refractivity contribution in [2.75, 3.05) is 10.6 Å². The number of hydrogen-bond acceptors (Lipinski definition) is 3. The first-order chi connectivity index (χ1) is 14.3.